The van der Waals surface area contributed by atoms with Gasteiger partial charge in [0, 0.05) is 32.7 Å². The first-order valence-corrected chi connectivity index (χ1v) is 21.7. The van der Waals surface area contributed by atoms with Gasteiger partial charge in [-0.05, 0) is 133 Å². The van der Waals surface area contributed by atoms with Crippen molar-refractivity contribution in [3.63, 3.8) is 0 Å². The minimum absolute atomic E-state index is 0.844. The summed E-state index contributed by atoms with van der Waals surface area (Å²) in [5.41, 5.74) is 22.8. The number of fused-ring (bicyclic) bond motifs is 9. The van der Waals surface area contributed by atoms with Gasteiger partial charge in [-0.25, -0.2) is 0 Å². The molecular formula is C61H38O2. The molecule has 0 radical (unpaired) electrons. The van der Waals surface area contributed by atoms with Gasteiger partial charge < -0.3 is 8.83 Å². The van der Waals surface area contributed by atoms with Crippen LogP contribution >= 0.6 is 0 Å². The normalized spacial score (nSPS) is 12.1. The fourth-order valence-electron chi connectivity index (χ4n) is 9.95. The molecular weight excluding hydrogens is 765 g/mol. The number of hydrogen-bond acceptors (Lipinski definition) is 2. The molecule has 10 aromatic carbocycles. The van der Waals surface area contributed by atoms with Crippen molar-refractivity contribution in [2.45, 2.75) is 6.42 Å². The molecule has 0 saturated carbocycles. The molecule has 1 aliphatic carbocycles. The van der Waals surface area contributed by atoms with Gasteiger partial charge in [-0.3, -0.25) is 0 Å². The van der Waals surface area contributed by atoms with E-state index in [1.165, 1.54) is 66.8 Å². The summed E-state index contributed by atoms with van der Waals surface area (Å²) in [5.74, 6) is 0. The van der Waals surface area contributed by atoms with E-state index in [4.69, 9.17) is 8.83 Å². The summed E-state index contributed by atoms with van der Waals surface area (Å²) in [5, 5.41) is 4.49. The lowest BCUT2D eigenvalue weighted by Crippen LogP contribution is -1.87. The molecule has 63 heavy (non-hydrogen) atoms. The van der Waals surface area contributed by atoms with Crippen molar-refractivity contribution in [2.24, 2.45) is 0 Å². The van der Waals surface area contributed by atoms with Gasteiger partial charge in [0.25, 0.3) is 0 Å². The van der Waals surface area contributed by atoms with Crippen LogP contribution in [-0.2, 0) is 6.42 Å². The minimum atomic E-state index is 0.844. The zero-order valence-corrected chi connectivity index (χ0v) is 34.3. The number of hydrogen-bond donors (Lipinski definition) is 0. The molecule has 0 N–H and O–H groups in total. The fraction of sp³-hybridized carbons (Fsp3) is 0.0164. The molecule has 0 fully saturated rings. The summed E-state index contributed by atoms with van der Waals surface area (Å²) < 4.78 is 13.6. The summed E-state index contributed by atoms with van der Waals surface area (Å²) in [6, 6.07) is 78.8. The maximum absolute atomic E-state index is 6.78. The zero-order valence-electron chi connectivity index (χ0n) is 34.3. The lowest BCUT2D eigenvalue weighted by molar-refractivity contribution is 0.669. The molecule has 0 bridgehead atoms. The summed E-state index contributed by atoms with van der Waals surface area (Å²) >= 11 is 0. The Morgan fingerprint density at radius 3 is 0.984 bits per heavy atom. The van der Waals surface area contributed by atoms with Crippen LogP contribution in [0.1, 0.15) is 11.1 Å². The molecule has 0 saturated heterocycles. The molecule has 0 atom stereocenters. The van der Waals surface area contributed by atoms with E-state index in [-0.39, 0.29) is 0 Å². The molecule has 1 aliphatic rings. The van der Waals surface area contributed by atoms with Crippen LogP contribution in [0.2, 0.25) is 0 Å². The predicted octanol–water partition coefficient (Wildman–Crippen LogP) is 17.1. The third kappa shape index (κ3) is 5.95. The molecule has 0 amide bonds. The predicted molar refractivity (Wildman–Crippen MR) is 262 cm³/mol. The van der Waals surface area contributed by atoms with E-state index in [2.05, 4.69) is 218 Å². The second-order valence-electron chi connectivity index (χ2n) is 16.8. The van der Waals surface area contributed by atoms with Crippen LogP contribution < -0.4 is 0 Å². The molecule has 0 spiro atoms. The van der Waals surface area contributed by atoms with Crippen LogP contribution in [0.3, 0.4) is 0 Å². The quantitative estimate of drug-likeness (QED) is 0.167. The van der Waals surface area contributed by atoms with Gasteiger partial charge in [-0.15, -0.1) is 0 Å². The first-order chi connectivity index (χ1) is 31.2. The van der Waals surface area contributed by atoms with E-state index in [0.29, 0.717) is 0 Å². The lowest BCUT2D eigenvalue weighted by Gasteiger charge is -2.10. The molecule has 0 aliphatic heterocycles. The first-order valence-electron chi connectivity index (χ1n) is 21.7. The van der Waals surface area contributed by atoms with Crippen molar-refractivity contribution < 1.29 is 8.83 Å². The van der Waals surface area contributed by atoms with Crippen molar-refractivity contribution in [2.75, 3.05) is 0 Å². The molecule has 2 aromatic heterocycles. The molecule has 12 aromatic rings. The Morgan fingerprint density at radius 1 is 0.238 bits per heavy atom. The summed E-state index contributed by atoms with van der Waals surface area (Å²) in [6.07, 6.45) is 0.844. The van der Waals surface area contributed by atoms with E-state index in [1.807, 2.05) is 0 Å². The summed E-state index contributed by atoms with van der Waals surface area (Å²) in [6.45, 7) is 0. The first kappa shape index (κ1) is 35.5. The molecule has 2 nitrogen and oxygen atoms in total. The number of rotatable bonds is 6. The van der Waals surface area contributed by atoms with Gasteiger partial charge in [0.15, 0.2) is 0 Å². The molecule has 2 heteroatoms. The number of furan rings is 2. The lowest BCUT2D eigenvalue weighted by atomic mass is 9.93. The van der Waals surface area contributed by atoms with Crippen LogP contribution in [0.25, 0.3) is 122 Å². The monoisotopic (exact) mass is 802 g/mol. The van der Waals surface area contributed by atoms with Crippen molar-refractivity contribution in [1.29, 1.82) is 0 Å². The Morgan fingerprint density at radius 2 is 0.587 bits per heavy atom. The van der Waals surface area contributed by atoms with Crippen LogP contribution in [0.5, 0.6) is 0 Å². The van der Waals surface area contributed by atoms with E-state index in [0.717, 1.165) is 72.6 Å². The maximum Gasteiger partial charge on any atom is 0.143 e. The zero-order chi connectivity index (χ0) is 41.4. The van der Waals surface area contributed by atoms with Crippen LogP contribution in [0, 0.1) is 0 Å². The number of benzene rings is 10. The van der Waals surface area contributed by atoms with Gasteiger partial charge in [0.1, 0.15) is 22.3 Å². The molecule has 13 rings (SSSR count). The summed E-state index contributed by atoms with van der Waals surface area (Å²) in [4.78, 5) is 0. The van der Waals surface area contributed by atoms with E-state index in [1.54, 1.807) is 0 Å². The van der Waals surface area contributed by atoms with Gasteiger partial charge in [-0.1, -0.05) is 170 Å². The van der Waals surface area contributed by atoms with Gasteiger partial charge in [-0.2, -0.15) is 0 Å². The average Bonchev–Trinajstić information content (AvgIpc) is 4.04. The summed E-state index contributed by atoms with van der Waals surface area (Å²) in [7, 11) is 0. The SMILES string of the molecule is c1ccc(-c2ccc3oc4c(-c5ccc6c(c5)Cc5cc(-c7cc(-c8ccccc8)cc8c7oc7ccc(-c9ccccc9)cc78)ccc5-6)cc(-c5ccccc5)cc4c3c2)cc1. The van der Waals surface area contributed by atoms with Crippen LogP contribution in [0.4, 0.5) is 0 Å². The average molecular weight is 803 g/mol. The third-order valence-electron chi connectivity index (χ3n) is 13.1. The highest BCUT2D eigenvalue weighted by Gasteiger charge is 2.24. The van der Waals surface area contributed by atoms with Crippen molar-refractivity contribution >= 4 is 43.9 Å². The third-order valence-corrected chi connectivity index (χ3v) is 13.1. The Labute approximate surface area is 365 Å². The van der Waals surface area contributed by atoms with Crippen molar-refractivity contribution in [3.05, 3.63) is 230 Å². The largest absolute Gasteiger partial charge is 0.455 e. The Hall–Kier alpha value is -8.20. The highest BCUT2D eigenvalue weighted by atomic mass is 16.3. The maximum atomic E-state index is 6.78. The van der Waals surface area contributed by atoms with Crippen molar-refractivity contribution in [3.8, 4) is 77.9 Å². The van der Waals surface area contributed by atoms with Gasteiger partial charge >= 0.3 is 0 Å². The van der Waals surface area contributed by atoms with E-state index >= 15 is 0 Å². The Kier molecular flexibility index (Phi) is 8.01. The Balaban J connectivity index is 0.925. The van der Waals surface area contributed by atoms with Gasteiger partial charge in [0.05, 0.1) is 0 Å². The smallest absolute Gasteiger partial charge is 0.143 e. The van der Waals surface area contributed by atoms with Crippen molar-refractivity contribution in [1.82, 2.24) is 0 Å². The van der Waals surface area contributed by atoms with E-state index < -0.39 is 0 Å². The molecule has 2 heterocycles. The molecule has 0 unspecified atom stereocenters. The van der Waals surface area contributed by atoms with Crippen LogP contribution in [0.15, 0.2) is 227 Å². The highest BCUT2D eigenvalue weighted by molar-refractivity contribution is 6.14. The topological polar surface area (TPSA) is 26.3 Å². The second-order valence-corrected chi connectivity index (χ2v) is 16.8. The molecule has 294 valence electrons. The second kappa shape index (κ2) is 14.2. The highest BCUT2D eigenvalue weighted by Crippen LogP contribution is 2.46. The standard InChI is InChI=1S/C61H38O2/c1-5-13-38(14-6-1)42-23-27-58-54(32-42)56-36-46(40-17-9-3-10-18-40)34-52(60(56)62-58)44-21-25-50-48(29-44)31-49-30-45(22-26-51(49)50)53-35-47(41-19-11-4-12-20-41)37-57-55-33-43(39-15-7-2-8-16-39)24-28-59(55)63-61(53)57/h1-30,32-37H,31H2. The Bertz CT molecular complexity index is 3480. The minimum Gasteiger partial charge on any atom is -0.455 e. The van der Waals surface area contributed by atoms with Gasteiger partial charge in [0.2, 0.25) is 0 Å². The van der Waals surface area contributed by atoms with E-state index in [9.17, 15) is 0 Å². The van der Waals surface area contributed by atoms with Crippen LogP contribution in [-0.4, -0.2) is 0 Å². The fourth-order valence-corrected chi connectivity index (χ4v) is 9.95.